The maximum absolute atomic E-state index is 11.6. The van der Waals surface area contributed by atoms with E-state index >= 15 is 0 Å². The van der Waals surface area contributed by atoms with Gasteiger partial charge in [0.2, 0.25) is 0 Å². The van der Waals surface area contributed by atoms with Crippen LogP contribution in [-0.2, 0) is 22.5 Å². The van der Waals surface area contributed by atoms with Crippen molar-refractivity contribution in [2.45, 2.75) is 39.3 Å². The van der Waals surface area contributed by atoms with Crippen molar-refractivity contribution in [3.8, 4) is 0 Å². The van der Waals surface area contributed by atoms with Crippen molar-refractivity contribution in [3.63, 3.8) is 0 Å². The highest BCUT2D eigenvalue weighted by Crippen LogP contribution is 2.11. The summed E-state index contributed by atoms with van der Waals surface area (Å²) in [4.78, 5) is 11.6. The van der Waals surface area contributed by atoms with E-state index in [9.17, 15) is 4.79 Å². The Bertz CT molecular complexity index is 372. The van der Waals surface area contributed by atoms with Crippen molar-refractivity contribution in [3.05, 3.63) is 35.4 Å². The Hall–Kier alpha value is -1.06. The predicted octanol–water partition coefficient (Wildman–Crippen LogP) is 2.45. The van der Waals surface area contributed by atoms with Crippen LogP contribution in [0.3, 0.4) is 0 Å². The van der Waals surface area contributed by atoms with Gasteiger partial charge < -0.3 is 10.5 Å². The molecule has 1 rings (SSSR count). The van der Waals surface area contributed by atoms with Crippen molar-refractivity contribution < 1.29 is 9.53 Å². The SMILES string of the molecule is CC(C)(C)OC(=O)Cc1cccc(CN)c1.Cl. The molecular weight excluding hydrogens is 238 g/mol. The predicted molar refractivity (Wildman–Crippen MR) is 71.1 cm³/mol. The first kappa shape index (κ1) is 15.9. The molecular formula is C13H20ClNO2. The molecule has 0 fully saturated rings. The van der Waals surface area contributed by atoms with Crippen molar-refractivity contribution in [2.75, 3.05) is 0 Å². The Morgan fingerprint density at radius 2 is 1.88 bits per heavy atom. The van der Waals surface area contributed by atoms with E-state index < -0.39 is 5.60 Å². The third-order valence-electron chi connectivity index (χ3n) is 2.00. The maximum Gasteiger partial charge on any atom is 0.310 e. The fourth-order valence-corrected chi connectivity index (χ4v) is 1.41. The van der Waals surface area contributed by atoms with Crippen molar-refractivity contribution >= 4 is 18.4 Å². The normalized spacial score (nSPS) is 10.6. The van der Waals surface area contributed by atoms with Gasteiger partial charge in [0.15, 0.2) is 0 Å². The molecule has 96 valence electrons. The van der Waals surface area contributed by atoms with Gasteiger partial charge in [-0.2, -0.15) is 0 Å². The number of esters is 1. The van der Waals surface area contributed by atoms with Crippen LogP contribution in [0.5, 0.6) is 0 Å². The van der Waals surface area contributed by atoms with Gasteiger partial charge in [-0.15, -0.1) is 12.4 Å². The Kier molecular flexibility index (Phi) is 6.21. The minimum atomic E-state index is -0.428. The van der Waals surface area contributed by atoms with E-state index in [1.165, 1.54) is 0 Å². The molecule has 0 aliphatic heterocycles. The van der Waals surface area contributed by atoms with Crippen LogP contribution < -0.4 is 5.73 Å². The van der Waals surface area contributed by atoms with Crippen LogP contribution in [-0.4, -0.2) is 11.6 Å². The molecule has 0 aliphatic rings. The van der Waals surface area contributed by atoms with Gasteiger partial charge in [0.05, 0.1) is 6.42 Å². The topological polar surface area (TPSA) is 52.3 Å². The zero-order valence-electron chi connectivity index (χ0n) is 10.5. The first-order valence-corrected chi connectivity index (χ1v) is 5.40. The van der Waals surface area contributed by atoms with Crippen LogP contribution in [0.4, 0.5) is 0 Å². The smallest absolute Gasteiger partial charge is 0.310 e. The Labute approximate surface area is 109 Å². The van der Waals surface area contributed by atoms with Gasteiger partial charge in [0, 0.05) is 6.54 Å². The molecule has 2 N–H and O–H groups in total. The minimum Gasteiger partial charge on any atom is -0.460 e. The van der Waals surface area contributed by atoms with Gasteiger partial charge in [-0.25, -0.2) is 0 Å². The van der Waals surface area contributed by atoms with Gasteiger partial charge in [-0.05, 0) is 31.9 Å². The molecule has 1 aromatic carbocycles. The van der Waals surface area contributed by atoms with E-state index in [1.54, 1.807) is 0 Å². The first-order valence-electron chi connectivity index (χ1n) is 5.40. The molecule has 0 aliphatic carbocycles. The molecule has 1 aromatic rings. The lowest BCUT2D eigenvalue weighted by Crippen LogP contribution is -2.24. The number of carbonyl (C=O) groups is 1. The van der Waals surface area contributed by atoms with Crippen LogP contribution in [0.25, 0.3) is 0 Å². The van der Waals surface area contributed by atoms with E-state index in [1.807, 2.05) is 45.0 Å². The summed E-state index contributed by atoms with van der Waals surface area (Å²) in [6.07, 6.45) is 0.297. The highest BCUT2D eigenvalue weighted by molar-refractivity contribution is 5.85. The number of hydrogen-bond acceptors (Lipinski definition) is 3. The summed E-state index contributed by atoms with van der Waals surface area (Å²) < 4.78 is 5.24. The van der Waals surface area contributed by atoms with Crippen molar-refractivity contribution in [1.29, 1.82) is 0 Å². The Morgan fingerprint density at radius 3 is 2.41 bits per heavy atom. The second-order valence-electron chi connectivity index (χ2n) is 4.79. The molecule has 0 bridgehead atoms. The highest BCUT2D eigenvalue weighted by Gasteiger charge is 2.16. The molecule has 0 heterocycles. The fraction of sp³-hybridized carbons (Fsp3) is 0.462. The molecule has 17 heavy (non-hydrogen) atoms. The lowest BCUT2D eigenvalue weighted by atomic mass is 10.1. The van der Waals surface area contributed by atoms with Crippen LogP contribution in [0.2, 0.25) is 0 Å². The number of nitrogens with two attached hydrogens (primary N) is 1. The Morgan fingerprint density at radius 1 is 1.29 bits per heavy atom. The summed E-state index contributed by atoms with van der Waals surface area (Å²) in [5.74, 6) is -0.207. The van der Waals surface area contributed by atoms with Gasteiger partial charge >= 0.3 is 5.97 Å². The number of ether oxygens (including phenoxy) is 1. The van der Waals surface area contributed by atoms with Gasteiger partial charge in [0.25, 0.3) is 0 Å². The van der Waals surface area contributed by atoms with E-state index in [0.717, 1.165) is 11.1 Å². The van der Waals surface area contributed by atoms with Gasteiger partial charge in [-0.3, -0.25) is 4.79 Å². The lowest BCUT2D eigenvalue weighted by molar-refractivity contribution is -0.153. The lowest BCUT2D eigenvalue weighted by Gasteiger charge is -2.19. The van der Waals surface area contributed by atoms with E-state index in [4.69, 9.17) is 10.5 Å². The molecule has 0 radical (unpaired) electrons. The molecule has 0 unspecified atom stereocenters. The van der Waals surface area contributed by atoms with Gasteiger partial charge in [0.1, 0.15) is 5.60 Å². The first-order chi connectivity index (χ1) is 7.40. The highest BCUT2D eigenvalue weighted by atomic mass is 35.5. The third-order valence-corrected chi connectivity index (χ3v) is 2.00. The number of carbonyl (C=O) groups excluding carboxylic acids is 1. The third kappa shape index (κ3) is 6.29. The summed E-state index contributed by atoms with van der Waals surface area (Å²) in [6, 6.07) is 7.69. The summed E-state index contributed by atoms with van der Waals surface area (Å²) in [7, 11) is 0. The molecule has 0 saturated heterocycles. The average Bonchev–Trinajstić information content (AvgIpc) is 2.15. The summed E-state index contributed by atoms with van der Waals surface area (Å²) in [5.41, 5.74) is 7.08. The van der Waals surface area contributed by atoms with E-state index in [2.05, 4.69) is 0 Å². The maximum atomic E-state index is 11.6. The van der Waals surface area contributed by atoms with Crippen LogP contribution in [0.15, 0.2) is 24.3 Å². The molecule has 0 saturated carbocycles. The summed E-state index contributed by atoms with van der Waals surface area (Å²) >= 11 is 0. The van der Waals surface area contributed by atoms with Crippen molar-refractivity contribution in [2.24, 2.45) is 5.73 Å². The number of hydrogen-bond donors (Lipinski definition) is 1. The van der Waals surface area contributed by atoms with Gasteiger partial charge in [-0.1, -0.05) is 24.3 Å². The average molecular weight is 258 g/mol. The number of halogens is 1. The standard InChI is InChI=1S/C13H19NO2.ClH/c1-13(2,3)16-12(15)8-10-5-4-6-11(7-10)9-14;/h4-7H,8-9,14H2,1-3H3;1H. The van der Waals surface area contributed by atoms with Crippen LogP contribution >= 0.6 is 12.4 Å². The monoisotopic (exact) mass is 257 g/mol. The second kappa shape index (κ2) is 6.62. The quantitative estimate of drug-likeness (QED) is 0.847. The zero-order valence-corrected chi connectivity index (χ0v) is 11.3. The zero-order chi connectivity index (χ0) is 12.2. The summed E-state index contributed by atoms with van der Waals surface area (Å²) in [6.45, 7) is 6.08. The molecule has 4 heteroatoms. The van der Waals surface area contributed by atoms with Crippen molar-refractivity contribution in [1.82, 2.24) is 0 Å². The molecule has 0 aromatic heterocycles. The van der Waals surface area contributed by atoms with Crippen LogP contribution in [0, 0.1) is 0 Å². The fourth-order valence-electron chi connectivity index (χ4n) is 1.41. The Balaban J connectivity index is 0.00000256. The minimum absolute atomic E-state index is 0. The second-order valence-corrected chi connectivity index (χ2v) is 4.79. The summed E-state index contributed by atoms with van der Waals surface area (Å²) in [5, 5.41) is 0. The van der Waals surface area contributed by atoms with E-state index in [-0.39, 0.29) is 18.4 Å². The molecule has 3 nitrogen and oxygen atoms in total. The largest absolute Gasteiger partial charge is 0.460 e. The molecule has 0 atom stereocenters. The van der Waals surface area contributed by atoms with E-state index in [0.29, 0.717) is 13.0 Å². The number of benzene rings is 1. The molecule has 0 spiro atoms. The van der Waals surface area contributed by atoms with Crippen LogP contribution in [0.1, 0.15) is 31.9 Å². The molecule has 0 amide bonds. The number of rotatable bonds is 3.